The van der Waals surface area contributed by atoms with Crippen LogP contribution >= 0.6 is 0 Å². The molecular formula is C7H10FNO4. The van der Waals surface area contributed by atoms with Gasteiger partial charge in [-0.2, -0.15) is 0 Å². The summed E-state index contributed by atoms with van der Waals surface area (Å²) in [5.74, 6) is -2.08. The number of carboxylic acids is 1. The first-order valence-corrected chi connectivity index (χ1v) is 3.81. The van der Waals surface area contributed by atoms with Crippen LogP contribution in [0.2, 0.25) is 0 Å². The van der Waals surface area contributed by atoms with Gasteiger partial charge in [0.1, 0.15) is 12.2 Å². The van der Waals surface area contributed by atoms with Crippen molar-refractivity contribution in [2.24, 2.45) is 5.92 Å². The minimum atomic E-state index is -1.39. The molecule has 1 fully saturated rings. The Morgan fingerprint density at radius 2 is 2.00 bits per heavy atom. The van der Waals surface area contributed by atoms with Gasteiger partial charge in [-0.15, -0.1) is 0 Å². The molecule has 3 atom stereocenters. The summed E-state index contributed by atoms with van der Waals surface area (Å²) in [6, 6.07) is -1.26. The van der Waals surface area contributed by atoms with Crippen LogP contribution in [0.25, 0.3) is 0 Å². The van der Waals surface area contributed by atoms with Crippen molar-refractivity contribution in [3.05, 3.63) is 0 Å². The van der Waals surface area contributed by atoms with Crippen molar-refractivity contribution in [3.63, 3.8) is 0 Å². The molecule has 5 nitrogen and oxygen atoms in total. The summed E-state index contributed by atoms with van der Waals surface area (Å²) >= 11 is 0. The number of nitrogens with zero attached hydrogens (tertiary/aromatic N) is 1. The van der Waals surface area contributed by atoms with Gasteiger partial charge < -0.3 is 10.2 Å². The number of carbonyl (C=O) groups is 2. The molecule has 2 N–H and O–H groups in total. The number of hydrogen-bond donors (Lipinski definition) is 2. The van der Waals surface area contributed by atoms with Crippen LogP contribution in [-0.4, -0.2) is 45.9 Å². The molecule has 0 saturated carbocycles. The Hall–Kier alpha value is -1.33. The van der Waals surface area contributed by atoms with Gasteiger partial charge >= 0.3 is 12.1 Å². The van der Waals surface area contributed by atoms with Gasteiger partial charge in [0.05, 0.1) is 6.54 Å². The smallest absolute Gasteiger partial charge is 0.408 e. The van der Waals surface area contributed by atoms with Gasteiger partial charge in [0.2, 0.25) is 0 Å². The van der Waals surface area contributed by atoms with Crippen LogP contribution in [0.3, 0.4) is 0 Å². The second-order valence-electron chi connectivity index (χ2n) is 3.09. The molecule has 0 bridgehead atoms. The number of hydrogen-bond acceptors (Lipinski definition) is 2. The van der Waals surface area contributed by atoms with E-state index in [4.69, 9.17) is 10.2 Å². The standard InChI is InChI=1S/C7H10FNO4/c1-3-4(8)2-9(7(12)13)5(3)6(10)11/h3-5H,2H2,1H3,(H,10,11)(H,12,13)/t3?,4?,5-/m0/s1. The predicted molar refractivity (Wildman–Crippen MR) is 40.2 cm³/mol. The third kappa shape index (κ3) is 1.56. The lowest BCUT2D eigenvalue weighted by Gasteiger charge is -2.18. The first kappa shape index (κ1) is 9.76. The molecule has 0 aromatic carbocycles. The normalized spacial score (nSPS) is 33.4. The van der Waals surface area contributed by atoms with Gasteiger partial charge in [-0.05, 0) is 0 Å². The highest BCUT2D eigenvalue weighted by Crippen LogP contribution is 2.26. The molecule has 6 heteroatoms. The second kappa shape index (κ2) is 3.20. The molecule has 0 radical (unpaired) electrons. The maximum Gasteiger partial charge on any atom is 0.408 e. The Balaban J connectivity index is 2.86. The summed E-state index contributed by atoms with van der Waals surface area (Å²) in [6.45, 7) is 1.04. The van der Waals surface area contributed by atoms with Crippen LogP contribution in [0.15, 0.2) is 0 Å². The molecule has 1 amide bonds. The third-order valence-corrected chi connectivity index (χ3v) is 2.27. The van der Waals surface area contributed by atoms with Crippen molar-refractivity contribution >= 4 is 12.1 Å². The Morgan fingerprint density at radius 3 is 2.31 bits per heavy atom. The summed E-state index contributed by atoms with van der Waals surface area (Å²) in [6.07, 6.45) is -2.78. The van der Waals surface area contributed by atoms with E-state index in [2.05, 4.69) is 0 Å². The van der Waals surface area contributed by atoms with E-state index in [9.17, 15) is 14.0 Å². The highest BCUT2D eigenvalue weighted by Gasteiger charge is 2.46. The van der Waals surface area contributed by atoms with E-state index in [1.165, 1.54) is 6.92 Å². The van der Waals surface area contributed by atoms with Gasteiger partial charge in [0, 0.05) is 5.92 Å². The minimum Gasteiger partial charge on any atom is -0.480 e. The van der Waals surface area contributed by atoms with Crippen molar-refractivity contribution in [3.8, 4) is 0 Å². The molecule has 0 aliphatic carbocycles. The zero-order valence-electron chi connectivity index (χ0n) is 6.98. The quantitative estimate of drug-likeness (QED) is 0.629. The van der Waals surface area contributed by atoms with Crippen LogP contribution in [0.4, 0.5) is 9.18 Å². The van der Waals surface area contributed by atoms with Crippen LogP contribution in [0.5, 0.6) is 0 Å². The van der Waals surface area contributed by atoms with Crippen molar-refractivity contribution in [2.45, 2.75) is 19.1 Å². The number of rotatable bonds is 1. The lowest BCUT2D eigenvalue weighted by atomic mass is 10.0. The SMILES string of the molecule is CC1C(F)CN(C(=O)O)[C@@H]1C(=O)O. The maximum atomic E-state index is 13.0. The van der Waals surface area contributed by atoms with E-state index in [0.717, 1.165) is 0 Å². The number of halogens is 1. The monoisotopic (exact) mass is 191 g/mol. The number of aliphatic carboxylic acids is 1. The number of carboxylic acid groups (broad SMARTS) is 2. The lowest BCUT2D eigenvalue weighted by molar-refractivity contribution is -0.142. The lowest BCUT2D eigenvalue weighted by Crippen LogP contribution is -2.41. The van der Waals surface area contributed by atoms with Crippen LogP contribution < -0.4 is 0 Å². The van der Waals surface area contributed by atoms with Gasteiger partial charge in [0.25, 0.3) is 0 Å². The molecule has 0 spiro atoms. The molecule has 1 aliphatic rings. The molecule has 2 unspecified atom stereocenters. The van der Waals surface area contributed by atoms with E-state index in [1.807, 2.05) is 0 Å². The van der Waals surface area contributed by atoms with Crippen LogP contribution in [0, 0.1) is 5.92 Å². The van der Waals surface area contributed by atoms with Crippen molar-refractivity contribution in [1.82, 2.24) is 4.90 Å². The Labute approximate surface area is 73.8 Å². The summed E-state index contributed by atoms with van der Waals surface area (Å²) in [5.41, 5.74) is 0. The molecule has 1 saturated heterocycles. The van der Waals surface area contributed by atoms with Crippen molar-refractivity contribution in [1.29, 1.82) is 0 Å². The topological polar surface area (TPSA) is 77.8 Å². The predicted octanol–water partition coefficient (Wildman–Crippen LogP) is 0.407. The van der Waals surface area contributed by atoms with Crippen molar-refractivity contribution in [2.75, 3.05) is 6.54 Å². The number of amides is 1. The summed E-state index contributed by atoms with van der Waals surface area (Å²) in [5, 5.41) is 17.2. The molecule has 74 valence electrons. The summed E-state index contributed by atoms with van der Waals surface area (Å²) in [4.78, 5) is 21.7. The fraction of sp³-hybridized carbons (Fsp3) is 0.714. The first-order chi connectivity index (χ1) is 5.95. The molecular weight excluding hydrogens is 181 g/mol. The summed E-state index contributed by atoms with van der Waals surface area (Å²) < 4.78 is 13.0. The van der Waals surface area contributed by atoms with E-state index in [1.54, 1.807) is 0 Å². The molecule has 13 heavy (non-hydrogen) atoms. The molecule has 0 aromatic heterocycles. The van der Waals surface area contributed by atoms with E-state index in [0.29, 0.717) is 4.90 Å². The second-order valence-corrected chi connectivity index (χ2v) is 3.09. The Bertz CT molecular complexity index is 245. The highest BCUT2D eigenvalue weighted by atomic mass is 19.1. The highest BCUT2D eigenvalue weighted by molar-refractivity contribution is 5.80. The van der Waals surface area contributed by atoms with Gasteiger partial charge in [-0.1, -0.05) is 6.92 Å². The third-order valence-electron chi connectivity index (χ3n) is 2.27. The zero-order valence-corrected chi connectivity index (χ0v) is 6.98. The van der Waals surface area contributed by atoms with Crippen LogP contribution in [-0.2, 0) is 4.79 Å². The average Bonchev–Trinajstić information content (AvgIpc) is 2.28. The fourth-order valence-corrected chi connectivity index (χ4v) is 1.50. The van der Waals surface area contributed by atoms with Gasteiger partial charge in [-0.3, -0.25) is 4.90 Å². The van der Waals surface area contributed by atoms with Gasteiger partial charge in [-0.25, -0.2) is 14.0 Å². The largest absolute Gasteiger partial charge is 0.480 e. The number of alkyl halides is 1. The molecule has 0 aromatic rings. The molecule has 1 aliphatic heterocycles. The molecule has 1 rings (SSSR count). The van der Waals surface area contributed by atoms with Gasteiger partial charge in [0.15, 0.2) is 0 Å². The van der Waals surface area contributed by atoms with E-state index < -0.39 is 30.2 Å². The maximum absolute atomic E-state index is 13.0. The fourth-order valence-electron chi connectivity index (χ4n) is 1.50. The Morgan fingerprint density at radius 1 is 1.46 bits per heavy atom. The van der Waals surface area contributed by atoms with Crippen molar-refractivity contribution < 1.29 is 24.2 Å². The molecule has 1 heterocycles. The van der Waals surface area contributed by atoms with E-state index in [-0.39, 0.29) is 6.54 Å². The summed E-state index contributed by atoms with van der Waals surface area (Å²) in [7, 11) is 0. The zero-order chi connectivity index (χ0) is 10.2. The average molecular weight is 191 g/mol. The van der Waals surface area contributed by atoms with Crippen LogP contribution in [0.1, 0.15) is 6.92 Å². The van der Waals surface area contributed by atoms with E-state index >= 15 is 0 Å². The Kier molecular flexibility index (Phi) is 2.40. The first-order valence-electron chi connectivity index (χ1n) is 3.81. The number of likely N-dealkylation sites (tertiary alicyclic amines) is 1. The minimum absolute atomic E-state index is 0.354.